The second-order valence-corrected chi connectivity index (χ2v) is 5.25. The number of rotatable bonds is 6. The molecule has 0 radical (unpaired) electrons. The van der Waals surface area contributed by atoms with Gasteiger partial charge in [0.05, 0.1) is 6.54 Å². The average molecular weight is 315 g/mol. The molecule has 0 saturated heterocycles. The van der Waals surface area contributed by atoms with E-state index >= 15 is 0 Å². The van der Waals surface area contributed by atoms with E-state index in [1.807, 2.05) is 36.2 Å². The lowest BCUT2D eigenvalue weighted by molar-refractivity contribution is -0.129. The summed E-state index contributed by atoms with van der Waals surface area (Å²) in [6.45, 7) is 1.69. The highest BCUT2D eigenvalue weighted by Crippen LogP contribution is 2.17. The highest BCUT2D eigenvalue weighted by atomic mass is 79.9. The molecule has 18 heavy (non-hydrogen) atoms. The Kier molecular flexibility index (Phi) is 6.15. The average Bonchev–Trinajstić information content (AvgIpc) is 2.28. The highest BCUT2D eigenvalue weighted by molar-refractivity contribution is 9.10. The van der Waals surface area contributed by atoms with Gasteiger partial charge in [-0.15, -0.1) is 0 Å². The summed E-state index contributed by atoms with van der Waals surface area (Å²) in [7, 11) is 5.42. The highest BCUT2D eigenvalue weighted by Gasteiger charge is 2.08. The zero-order valence-electron chi connectivity index (χ0n) is 11.0. The lowest BCUT2D eigenvalue weighted by Crippen LogP contribution is -2.36. The van der Waals surface area contributed by atoms with Gasteiger partial charge in [0, 0.05) is 25.1 Å². The Morgan fingerprint density at radius 3 is 2.67 bits per heavy atom. The largest absolute Gasteiger partial charge is 0.492 e. The topological polar surface area (TPSA) is 32.8 Å². The number of carbonyl (C=O) groups excluding carboxylic acids is 1. The van der Waals surface area contributed by atoms with Gasteiger partial charge >= 0.3 is 0 Å². The minimum Gasteiger partial charge on any atom is -0.492 e. The molecule has 0 aliphatic heterocycles. The third-order valence-electron chi connectivity index (χ3n) is 2.44. The molecule has 1 rings (SSSR count). The Morgan fingerprint density at radius 2 is 2.06 bits per heavy atom. The molecule has 0 heterocycles. The predicted molar refractivity (Wildman–Crippen MR) is 75.8 cm³/mol. The van der Waals surface area contributed by atoms with E-state index in [0.717, 1.165) is 10.2 Å². The molecule has 0 bridgehead atoms. The van der Waals surface area contributed by atoms with Crippen LogP contribution in [-0.2, 0) is 4.79 Å². The maximum atomic E-state index is 11.5. The van der Waals surface area contributed by atoms with Crippen molar-refractivity contribution < 1.29 is 9.53 Å². The van der Waals surface area contributed by atoms with E-state index in [2.05, 4.69) is 15.9 Å². The molecule has 0 aliphatic rings. The number of hydrogen-bond acceptors (Lipinski definition) is 3. The van der Waals surface area contributed by atoms with E-state index in [0.29, 0.717) is 19.7 Å². The molecule has 4 nitrogen and oxygen atoms in total. The number of hydrogen-bond donors (Lipinski definition) is 0. The maximum absolute atomic E-state index is 11.5. The fraction of sp³-hybridized carbons (Fsp3) is 0.462. The summed E-state index contributed by atoms with van der Waals surface area (Å²) in [5, 5.41) is 0. The summed E-state index contributed by atoms with van der Waals surface area (Å²) < 4.78 is 6.60. The van der Waals surface area contributed by atoms with Crippen LogP contribution in [0.4, 0.5) is 0 Å². The second-order valence-electron chi connectivity index (χ2n) is 4.33. The number of amides is 1. The van der Waals surface area contributed by atoms with E-state index in [1.54, 1.807) is 19.0 Å². The molecule has 1 aromatic carbocycles. The number of likely N-dealkylation sites (N-methyl/N-ethyl adjacent to an activating group) is 2. The number of halogens is 1. The van der Waals surface area contributed by atoms with Crippen molar-refractivity contribution in [3.8, 4) is 5.75 Å². The monoisotopic (exact) mass is 314 g/mol. The van der Waals surface area contributed by atoms with Gasteiger partial charge < -0.3 is 9.64 Å². The van der Waals surface area contributed by atoms with Gasteiger partial charge in [-0.1, -0.05) is 22.0 Å². The van der Waals surface area contributed by atoms with Gasteiger partial charge in [0.25, 0.3) is 0 Å². The Morgan fingerprint density at radius 1 is 1.33 bits per heavy atom. The summed E-state index contributed by atoms with van der Waals surface area (Å²) in [6, 6.07) is 7.72. The smallest absolute Gasteiger partial charge is 0.236 e. The van der Waals surface area contributed by atoms with Crippen LogP contribution in [0.5, 0.6) is 5.75 Å². The van der Waals surface area contributed by atoms with Crippen molar-refractivity contribution in [2.75, 3.05) is 40.8 Å². The first-order chi connectivity index (χ1) is 8.49. The van der Waals surface area contributed by atoms with Crippen molar-refractivity contribution in [1.82, 2.24) is 9.80 Å². The molecule has 0 spiro atoms. The van der Waals surface area contributed by atoms with Gasteiger partial charge in [-0.3, -0.25) is 9.69 Å². The molecule has 100 valence electrons. The van der Waals surface area contributed by atoms with Crippen LogP contribution in [-0.4, -0.2) is 56.5 Å². The fourth-order valence-electron chi connectivity index (χ4n) is 1.33. The van der Waals surface area contributed by atoms with Crippen molar-refractivity contribution in [3.63, 3.8) is 0 Å². The van der Waals surface area contributed by atoms with Gasteiger partial charge in [0.15, 0.2) is 0 Å². The Balaban J connectivity index is 2.27. The fourth-order valence-corrected chi connectivity index (χ4v) is 1.71. The molecule has 1 aromatic rings. The summed E-state index contributed by atoms with van der Waals surface area (Å²) >= 11 is 3.39. The Bertz CT molecular complexity index is 396. The summed E-state index contributed by atoms with van der Waals surface area (Å²) in [4.78, 5) is 15.0. The van der Waals surface area contributed by atoms with Crippen LogP contribution in [0.3, 0.4) is 0 Å². The summed E-state index contributed by atoms with van der Waals surface area (Å²) in [5.41, 5.74) is 0. The molecule has 0 saturated carbocycles. The van der Waals surface area contributed by atoms with Crippen molar-refractivity contribution >= 4 is 21.8 Å². The molecular formula is C13H19BrN2O2. The van der Waals surface area contributed by atoms with Gasteiger partial charge in [0.2, 0.25) is 5.91 Å². The quantitative estimate of drug-likeness (QED) is 0.803. The zero-order valence-corrected chi connectivity index (χ0v) is 12.6. The first kappa shape index (κ1) is 15.0. The van der Waals surface area contributed by atoms with Crippen molar-refractivity contribution in [3.05, 3.63) is 28.7 Å². The predicted octanol–water partition coefficient (Wildman–Crippen LogP) is 1.85. The lowest BCUT2D eigenvalue weighted by Gasteiger charge is -2.19. The second kappa shape index (κ2) is 7.38. The third-order valence-corrected chi connectivity index (χ3v) is 2.94. The first-order valence-corrected chi connectivity index (χ1v) is 6.55. The molecule has 0 unspecified atom stereocenters. The Labute approximate surface area is 117 Å². The molecular weight excluding hydrogens is 296 g/mol. The van der Waals surface area contributed by atoms with Crippen LogP contribution in [0.15, 0.2) is 28.7 Å². The number of benzene rings is 1. The van der Waals surface area contributed by atoms with E-state index in [4.69, 9.17) is 4.74 Å². The molecule has 0 aliphatic carbocycles. The van der Waals surface area contributed by atoms with Crippen LogP contribution >= 0.6 is 15.9 Å². The SMILES string of the molecule is CN(CCOc1cccc(Br)c1)CC(=O)N(C)C. The molecule has 0 N–H and O–H groups in total. The molecule has 0 fully saturated rings. The minimum atomic E-state index is 0.0972. The van der Waals surface area contributed by atoms with E-state index in [9.17, 15) is 4.79 Å². The first-order valence-electron chi connectivity index (χ1n) is 5.76. The molecule has 1 amide bonds. The van der Waals surface area contributed by atoms with Crippen molar-refractivity contribution in [2.45, 2.75) is 0 Å². The maximum Gasteiger partial charge on any atom is 0.236 e. The van der Waals surface area contributed by atoms with E-state index in [-0.39, 0.29) is 5.91 Å². The van der Waals surface area contributed by atoms with Crippen molar-refractivity contribution in [2.24, 2.45) is 0 Å². The van der Waals surface area contributed by atoms with Crippen LogP contribution in [0, 0.1) is 0 Å². The van der Waals surface area contributed by atoms with Gasteiger partial charge in [-0.05, 0) is 25.2 Å². The van der Waals surface area contributed by atoms with Crippen LogP contribution in [0.1, 0.15) is 0 Å². The number of carbonyl (C=O) groups is 1. The van der Waals surface area contributed by atoms with Gasteiger partial charge in [-0.25, -0.2) is 0 Å². The summed E-state index contributed by atoms with van der Waals surface area (Å²) in [6.07, 6.45) is 0. The van der Waals surface area contributed by atoms with E-state index in [1.165, 1.54) is 0 Å². The lowest BCUT2D eigenvalue weighted by atomic mass is 10.3. The minimum absolute atomic E-state index is 0.0972. The standard InChI is InChI=1S/C13H19BrN2O2/c1-15(2)13(17)10-16(3)7-8-18-12-6-4-5-11(14)9-12/h4-6,9H,7-8,10H2,1-3H3. The molecule has 0 aromatic heterocycles. The van der Waals surface area contributed by atoms with Gasteiger partial charge in [-0.2, -0.15) is 0 Å². The number of ether oxygens (including phenoxy) is 1. The van der Waals surface area contributed by atoms with E-state index < -0.39 is 0 Å². The van der Waals surface area contributed by atoms with Crippen LogP contribution in [0.25, 0.3) is 0 Å². The van der Waals surface area contributed by atoms with Crippen molar-refractivity contribution in [1.29, 1.82) is 0 Å². The zero-order chi connectivity index (χ0) is 13.5. The summed E-state index contributed by atoms with van der Waals surface area (Å²) in [5.74, 6) is 0.927. The third kappa shape index (κ3) is 5.51. The van der Waals surface area contributed by atoms with Crippen LogP contribution in [0.2, 0.25) is 0 Å². The normalized spacial score (nSPS) is 10.5. The van der Waals surface area contributed by atoms with Crippen LogP contribution < -0.4 is 4.74 Å². The number of nitrogens with zero attached hydrogens (tertiary/aromatic N) is 2. The molecule has 5 heteroatoms. The van der Waals surface area contributed by atoms with Gasteiger partial charge in [0.1, 0.15) is 12.4 Å². The molecule has 0 atom stereocenters. The Hall–Kier alpha value is -1.07.